The quantitative estimate of drug-likeness (QED) is 0.715. The van der Waals surface area contributed by atoms with Crippen LogP contribution in [0.2, 0.25) is 0 Å². The number of aliphatic hydroxyl groups excluding tert-OH is 2. The summed E-state index contributed by atoms with van der Waals surface area (Å²) in [5, 5.41) is 19.4. The van der Waals surface area contributed by atoms with Crippen LogP contribution in [0.15, 0.2) is 36.8 Å². The third kappa shape index (κ3) is 3.93. The summed E-state index contributed by atoms with van der Waals surface area (Å²) in [5.74, 6) is -0.566. The molecule has 1 heterocycles. The van der Waals surface area contributed by atoms with Gasteiger partial charge in [0.2, 0.25) is 0 Å². The Labute approximate surface area is 129 Å². The van der Waals surface area contributed by atoms with Crippen LogP contribution >= 0.6 is 0 Å². The van der Waals surface area contributed by atoms with Gasteiger partial charge in [0.1, 0.15) is 5.69 Å². The molecule has 22 heavy (non-hydrogen) atoms. The number of benzene rings is 1. The zero-order valence-electron chi connectivity index (χ0n) is 12.5. The van der Waals surface area contributed by atoms with Gasteiger partial charge >= 0.3 is 0 Å². The lowest BCUT2D eigenvalue weighted by atomic mass is 10.00. The van der Waals surface area contributed by atoms with Crippen LogP contribution in [0.4, 0.5) is 0 Å². The minimum absolute atomic E-state index is 0.0305. The SMILES string of the molecule is CC(CC(O)c1cccc(CCO)c1)n1cnc(C(N)=O)c1. The molecule has 0 fully saturated rings. The number of aliphatic hydroxyl groups is 2. The molecule has 6 heteroatoms. The molecular weight excluding hydrogens is 282 g/mol. The first-order valence-electron chi connectivity index (χ1n) is 7.22. The monoisotopic (exact) mass is 303 g/mol. The van der Waals surface area contributed by atoms with Gasteiger partial charge < -0.3 is 20.5 Å². The summed E-state index contributed by atoms with van der Waals surface area (Å²) < 4.78 is 1.76. The van der Waals surface area contributed by atoms with Crippen molar-refractivity contribution in [3.63, 3.8) is 0 Å². The Hall–Kier alpha value is -2.18. The number of amides is 1. The summed E-state index contributed by atoms with van der Waals surface area (Å²) in [6.07, 6.45) is 3.55. The van der Waals surface area contributed by atoms with E-state index in [0.29, 0.717) is 12.8 Å². The van der Waals surface area contributed by atoms with Crippen LogP contribution in [-0.2, 0) is 6.42 Å². The van der Waals surface area contributed by atoms with Crippen LogP contribution in [0.3, 0.4) is 0 Å². The van der Waals surface area contributed by atoms with Crippen molar-refractivity contribution < 1.29 is 15.0 Å². The van der Waals surface area contributed by atoms with E-state index in [9.17, 15) is 9.90 Å². The minimum atomic E-state index is -0.631. The molecule has 0 bridgehead atoms. The van der Waals surface area contributed by atoms with Gasteiger partial charge in [0.25, 0.3) is 5.91 Å². The van der Waals surface area contributed by atoms with E-state index in [0.717, 1.165) is 11.1 Å². The molecule has 4 N–H and O–H groups in total. The van der Waals surface area contributed by atoms with Crippen molar-refractivity contribution in [1.29, 1.82) is 0 Å². The smallest absolute Gasteiger partial charge is 0.268 e. The Bertz CT molecular complexity index is 639. The van der Waals surface area contributed by atoms with E-state index in [2.05, 4.69) is 4.98 Å². The molecule has 1 aromatic heterocycles. The predicted octanol–water partition coefficient (Wildman–Crippen LogP) is 1.20. The Balaban J connectivity index is 2.05. The Morgan fingerprint density at radius 1 is 1.45 bits per heavy atom. The fraction of sp³-hybridized carbons (Fsp3) is 0.375. The summed E-state index contributed by atoms with van der Waals surface area (Å²) in [6, 6.07) is 7.52. The molecule has 0 aliphatic carbocycles. The second kappa shape index (κ2) is 7.20. The molecule has 2 rings (SSSR count). The number of imidazole rings is 1. The molecule has 2 unspecified atom stereocenters. The summed E-state index contributed by atoms with van der Waals surface area (Å²) in [7, 11) is 0. The molecule has 0 aliphatic rings. The topological polar surface area (TPSA) is 101 Å². The molecule has 118 valence electrons. The molecule has 0 spiro atoms. The Kier molecular flexibility index (Phi) is 5.30. The number of rotatable bonds is 7. The third-order valence-electron chi connectivity index (χ3n) is 3.66. The van der Waals surface area contributed by atoms with Crippen LogP contribution in [0, 0.1) is 0 Å². The molecule has 1 aromatic carbocycles. The van der Waals surface area contributed by atoms with E-state index < -0.39 is 12.0 Å². The van der Waals surface area contributed by atoms with E-state index in [4.69, 9.17) is 10.8 Å². The van der Waals surface area contributed by atoms with E-state index in [1.165, 1.54) is 0 Å². The van der Waals surface area contributed by atoms with Gasteiger partial charge in [-0.05, 0) is 30.9 Å². The van der Waals surface area contributed by atoms with Gasteiger partial charge in [0, 0.05) is 18.8 Å². The molecule has 2 atom stereocenters. The first-order valence-corrected chi connectivity index (χ1v) is 7.22. The molecule has 0 aliphatic heterocycles. The number of nitrogens with zero attached hydrogens (tertiary/aromatic N) is 2. The molecular formula is C16H21N3O3. The number of primary amides is 1. The average molecular weight is 303 g/mol. The lowest BCUT2D eigenvalue weighted by Gasteiger charge is -2.18. The molecule has 1 amide bonds. The Morgan fingerprint density at radius 3 is 2.86 bits per heavy atom. The number of hydrogen-bond donors (Lipinski definition) is 3. The van der Waals surface area contributed by atoms with Crippen LogP contribution in [0.25, 0.3) is 0 Å². The van der Waals surface area contributed by atoms with Crippen LogP contribution in [-0.4, -0.2) is 32.3 Å². The van der Waals surface area contributed by atoms with E-state index in [-0.39, 0.29) is 18.3 Å². The number of carbonyl (C=O) groups is 1. The first kappa shape index (κ1) is 16.2. The van der Waals surface area contributed by atoms with Crippen molar-refractivity contribution in [2.75, 3.05) is 6.61 Å². The van der Waals surface area contributed by atoms with Crippen LogP contribution in [0.5, 0.6) is 0 Å². The van der Waals surface area contributed by atoms with E-state index in [1.807, 2.05) is 31.2 Å². The van der Waals surface area contributed by atoms with Crippen molar-refractivity contribution in [3.8, 4) is 0 Å². The van der Waals surface area contributed by atoms with E-state index >= 15 is 0 Å². The fourth-order valence-electron chi connectivity index (χ4n) is 2.37. The average Bonchev–Trinajstić information content (AvgIpc) is 2.98. The van der Waals surface area contributed by atoms with Gasteiger partial charge in [-0.15, -0.1) is 0 Å². The number of aromatic nitrogens is 2. The van der Waals surface area contributed by atoms with Crippen molar-refractivity contribution in [2.24, 2.45) is 5.73 Å². The highest BCUT2D eigenvalue weighted by Gasteiger charge is 2.15. The molecule has 0 saturated carbocycles. The molecule has 0 saturated heterocycles. The first-order chi connectivity index (χ1) is 10.5. The maximum absolute atomic E-state index is 11.1. The highest BCUT2D eigenvalue weighted by atomic mass is 16.3. The molecule has 0 radical (unpaired) electrons. The zero-order valence-corrected chi connectivity index (χ0v) is 12.5. The fourth-order valence-corrected chi connectivity index (χ4v) is 2.37. The van der Waals surface area contributed by atoms with Crippen molar-refractivity contribution in [1.82, 2.24) is 9.55 Å². The molecule has 6 nitrogen and oxygen atoms in total. The lowest BCUT2D eigenvalue weighted by molar-refractivity contribution is 0.0996. The van der Waals surface area contributed by atoms with Gasteiger partial charge in [0.15, 0.2) is 0 Å². The van der Waals surface area contributed by atoms with Gasteiger partial charge in [-0.3, -0.25) is 4.79 Å². The van der Waals surface area contributed by atoms with Crippen molar-refractivity contribution in [2.45, 2.75) is 31.9 Å². The highest BCUT2D eigenvalue weighted by Crippen LogP contribution is 2.25. The second-order valence-electron chi connectivity index (χ2n) is 5.39. The standard InChI is InChI=1S/C16H21N3O3/c1-11(19-9-14(16(17)22)18-10-19)7-15(21)13-4-2-3-12(8-13)5-6-20/h2-4,8-11,15,20-21H,5-7H2,1H3,(H2,17,22). The van der Waals surface area contributed by atoms with Crippen molar-refractivity contribution >= 4 is 5.91 Å². The van der Waals surface area contributed by atoms with Crippen molar-refractivity contribution in [3.05, 3.63) is 53.6 Å². The highest BCUT2D eigenvalue weighted by molar-refractivity contribution is 5.90. The largest absolute Gasteiger partial charge is 0.396 e. The summed E-state index contributed by atoms with van der Waals surface area (Å²) in [4.78, 5) is 15.0. The maximum atomic E-state index is 11.1. The lowest BCUT2D eigenvalue weighted by Crippen LogP contribution is -2.12. The summed E-state index contributed by atoms with van der Waals surface area (Å²) in [6.45, 7) is 2.02. The van der Waals surface area contributed by atoms with E-state index in [1.54, 1.807) is 17.1 Å². The van der Waals surface area contributed by atoms with Gasteiger partial charge in [-0.1, -0.05) is 24.3 Å². The number of hydrogen-bond acceptors (Lipinski definition) is 4. The van der Waals surface area contributed by atoms with Crippen LogP contribution < -0.4 is 5.73 Å². The Morgan fingerprint density at radius 2 is 2.23 bits per heavy atom. The third-order valence-corrected chi connectivity index (χ3v) is 3.66. The number of carbonyl (C=O) groups excluding carboxylic acids is 1. The summed E-state index contributed by atoms with van der Waals surface area (Å²) in [5.41, 5.74) is 7.20. The number of nitrogens with two attached hydrogens (primary N) is 1. The molecule has 2 aromatic rings. The second-order valence-corrected chi connectivity index (χ2v) is 5.39. The van der Waals surface area contributed by atoms with Crippen LogP contribution in [0.1, 0.15) is 47.1 Å². The minimum Gasteiger partial charge on any atom is -0.396 e. The van der Waals surface area contributed by atoms with Gasteiger partial charge in [-0.2, -0.15) is 0 Å². The maximum Gasteiger partial charge on any atom is 0.268 e. The predicted molar refractivity (Wildman–Crippen MR) is 82.3 cm³/mol. The van der Waals surface area contributed by atoms with Gasteiger partial charge in [0.05, 0.1) is 12.4 Å². The zero-order chi connectivity index (χ0) is 16.1. The summed E-state index contributed by atoms with van der Waals surface area (Å²) >= 11 is 0. The normalized spacial score (nSPS) is 13.8. The van der Waals surface area contributed by atoms with Gasteiger partial charge in [-0.25, -0.2) is 4.98 Å².